The molecule has 0 saturated heterocycles. The number of ether oxygens (including phenoxy) is 1. The van der Waals surface area contributed by atoms with Crippen LogP contribution < -0.4 is 11.3 Å². The smallest absolute Gasteiger partial charge is 0.337 e. The topological polar surface area (TPSA) is 90.4 Å². The minimum absolute atomic E-state index is 0.332. The number of hydrogen-bond donors (Lipinski definition) is 2. The van der Waals surface area contributed by atoms with Crippen molar-refractivity contribution in [1.82, 2.24) is 4.98 Å². The molecule has 0 saturated carbocycles. The molecule has 0 radical (unpaired) electrons. The molecule has 29 heavy (non-hydrogen) atoms. The van der Waals surface area contributed by atoms with E-state index in [4.69, 9.17) is 15.0 Å². The van der Waals surface area contributed by atoms with Gasteiger partial charge in [0.2, 0.25) is 5.89 Å². The zero-order valence-electron chi connectivity index (χ0n) is 16.0. The maximum Gasteiger partial charge on any atom is 0.337 e. The predicted molar refractivity (Wildman–Crippen MR) is 112 cm³/mol. The Morgan fingerprint density at radius 1 is 1.07 bits per heavy atom. The van der Waals surface area contributed by atoms with Crippen molar-refractivity contribution in [3.63, 3.8) is 0 Å². The molecule has 0 aliphatic carbocycles. The number of para-hydroxylation sites is 2. The van der Waals surface area contributed by atoms with Gasteiger partial charge >= 0.3 is 5.97 Å². The van der Waals surface area contributed by atoms with E-state index in [1.54, 1.807) is 12.1 Å². The summed E-state index contributed by atoms with van der Waals surface area (Å²) < 4.78 is 10.6. The van der Waals surface area contributed by atoms with E-state index < -0.39 is 0 Å². The number of benzene rings is 3. The SMILES string of the molecule is COC(=O)c1ccc(CCc2ccc(-c3nc4ccccc4o3)cc2NN)cc1. The van der Waals surface area contributed by atoms with Gasteiger partial charge in [-0.1, -0.05) is 30.3 Å². The number of hydrazine groups is 1. The summed E-state index contributed by atoms with van der Waals surface area (Å²) in [6.45, 7) is 0. The van der Waals surface area contributed by atoms with E-state index in [1.807, 2.05) is 54.6 Å². The second kappa shape index (κ2) is 8.16. The van der Waals surface area contributed by atoms with Crippen LogP contribution >= 0.6 is 0 Å². The summed E-state index contributed by atoms with van der Waals surface area (Å²) in [4.78, 5) is 16.1. The van der Waals surface area contributed by atoms with Gasteiger partial charge in [0.05, 0.1) is 18.4 Å². The van der Waals surface area contributed by atoms with Gasteiger partial charge in [-0.15, -0.1) is 0 Å². The minimum atomic E-state index is -0.332. The number of fused-ring (bicyclic) bond motifs is 1. The average molecular weight is 387 g/mol. The van der Waals surface area contributed by atoms with Gasteiger partial charge in [0.25, 0.3) is 0 Å². The molecule has 4 rings (SSSR count). The molecule has 0 bridgehead atoms. The summed E-state index contributed by atoms with van der Waals surface area (Å²) in [5.74, 6) is 5.99. The first kappa shape index (κ1) is 18.7. The lowest BCUT2D eigenvalue weighted by molar-refractivity contribution is 0.0600. The van der Waals surface area contributed by atoms with Crippen LogP contribution in [-0.4, -0.2) is 18.1 Å². The number of hydrogen-bond acceptors (Lipinski definition) is 6. The maximum atomic E-state index is 11.5. The van der Waals surface area contributed by atoms with Crippen molar-refractivity contribution in [1.29, 1.82) is 0 Å². The number of anilines is 1. The zero-order valence-corrected chi connectivity index (χ0v) is 16.0. The Balaban J connectivity index is 1.51. The summed E-state index contributed by atoms with van der Waals surface area (Å²) in [5, 5.41) is 0. The highest BCUT2D eigenvalue weighted by atomic mass is 16.5. The Morgan fingerprint density at radius 3 is 2.59 bits per heavy atom. The first-order valence-electron chi connectivity index (χ1n) is 9.30. The van der Waals surface area contributed by atoms with Gasteiger partial charge in [-0.2, -0.15) is 0 Å². The molecule has 0 unspecified atom stereocenters. The van der Waals surface area contributed by atoms with E-state index in [9.17, 15) is 4.79 Å². The predicted octanol–water partition coefficient (Wildman–Crippen LogP) is 4.35. The molecular weight excluding hydrogens is 366 g/mol. The lowest BCUT2D eigenvalue weighted by Crippen LogP contribution is -2.10. The van der Waals surface area contributed by atoms with Gasteiger partial charge in [-0.25, -0.2) is 9.78 Å². The third kappa shape index (κ3) is 3.97. The summed E-state index contributed by atoms with van der Waals surface area (Å²) >= 11 is 0. The maximum absolute atomic E-state index is 11.5. The van der Waals surface area contributed by atoms with Gasteiger partial charge in [-0.3, -0.25) is 5.84 Å². The molecule has 0 aliphatic rings. The van der Waals surface area contributed by atoms with Gasteiger partial charge in [0.1, 0.15) is 5.52 Å². The summed E-state index contributed by atoms with van der Waals surface area (Å²) in [6.07, 6.45) is 1.61. The Labute approximate surface area is 168 Å². The number of aryl methyl sites for hydroxylation is 2. The molecule has 1 heterocycles. The quantitative estimate of drug-likeness (QED) is 0.290. The summed E-state index contributed by atoms with van der Waals surface area (Å²) in [6, 6.07) is 21.1. The molecule has 1 aromatic heterocycles. The molecule has 6 heteroatoms. The van der Waals surface area contributed by atoms with Crippen molar-refractivity contribution in [2.75, 3.05) is 12.5 Å². The normalized spacial score (nSPS) is 10.8. The molecule has 0 amide bonds. The molecular formula is C23H21N3O3. The highest BCUT2D eigenvalue weighted by Gasteiger charge is 2.11. The fourth-order valence-corrected chi connectivity index (χ4v) is 3.26. The minimum Gasteiger partial charge on any atom is -0.465 e. The second-order valence-corrected chi connectivity index (χ2v) is 6.69. The van der Waals surface area contributed by atoms with Crippen LogP contribution in [0.15, 0.2) is 71.1 Å². The molecule has 3 N–H and O–H groups in total. The number of nitrogens with one attached hydrogen (secondary N) is 1. The fourth-order valence-electron chi connectivity index (χ4n) is 3.26. The number of nitrogen functional groups attached to an aromatic ring is 1. The number of nitrogens with two attached hydrogens (primary N) is 1. The van der Waals surface area contributed by atoms with Gasteiger partial charge in [0.15, 0.2) is 5.58 Å². The number of methoxy groups -OCH3 is 1. The van der Waals surface area contributed by atoms with E-state index in [1.165, 1.54) is 7.11 Å². The monoisotopic (exact) mass is 387 g/mol. The van der Waals surface area contributed by atoms with Gasteiger partial charge in [-0.05, 0) is 60.4 Å². The number of esters is 1. The average Bonchev–Trinajstić information content (AvgIpc) is 3.21. The molecule has 0 fully saturated rings. The molecule has 4 aromatic rings. The lowest BCUT2D eigenvalue weighted by Gasteiger charge is -2.10. The lowest BCUT2D eigenvalue weighted by atomic mass is 10.0. The fraction of sp³-hybridized carbons (Fsp3) is 0.130. The van der Waals surface area contributed by atoms with Crippen LogP contribution in [0.3, 0.4) is 0 Å². The first-order chi connectivity index (χ1) is 14.2. The molecule has 3 aromatic carbocycles. The largest absolute Gasteiger partial charge is 0.465 e. The number of aromatic nitrogens is 1. The highest BCUT2D eigenvalue weighted by molar-refractivity contribution is 5.89. The van der Waals surface area contributed by atoms with Crippen LogP contribution in [0.25, 0.3) is 22.6 Å². The van der Waals surface area contributed by atoms with Crippen molar-refractivity contribution < 1.29 is 13.9 Å². The second-order valence-electron chi connectivity index (χ2n) is 6.69. The number of rotatable bonds is 6. The van der Waals surface area contributed by atoms with Crippen molar-refractivity contribution in [2.45, 2.75) is 12.8 Å². The number of nitrogens with zero attached hydrogens (tertiary/aromatic N) is 1. The Kier molecular flexibility index (Phi) is 5.27. The Bertz CT molecular complexity index is 1120. The van der Waals surface area contributed by atoms with E-state index in [2.05, 4.69) is 10.4 Å². The van der Waals surface area contributed by atoms with Crippen LogP contribution in [0.5, 0.6) is 0 Å². The summed E-state index contributed by atoms with van der Waals surface area (Å²) in [7, 11) is 1.38. The van der Waals surface area contributed by atoms with Crippen LogP contribution in [0, 0.1) is 0 Å². The van der Waals surface area contributed by atoms with E-state index >= 15 is 0 Å². The van der Waals surface area contributed by atoms with E-state index in [0.29, 0.717) is 11.5 Å². The van der Waals surface area contributed by atoms with Crippen LogP contribution in [0.2, 0.25) is 0 Å². The third-order valence-electron chi connectivity index (χ3n) is 4.86. The number of carbonyl (C=O) groups excluding carboxylic acids is 1. The van der Waals surface area contributed by atoms with Gasteiger partial charge in [0, 0.05) is 5.56 Å². The van der Waals surface area contributed by atoms with Crippen molar-refractivity contribution >= 4 is 22.8 Å². The number of oxazole rings is 1. The Hall–Kier alpha value is -3.64. The number of carbonyl (C=O) groups is 1. The Morgan fingerprint density at radius 2 is 1.86 bits per heavy atom. The highest BCUT2D eigenvalue weighted by Crippen LogP contribution is 2.28. The molecule has 0 atom stereocenters. The van der Waals surface area contributed by atoms with Crippen molar-refractivity contribution in [3.05, 3.63) is 83.4 Å². The molecule has 146 valence electrons. The molecule has 6 nitrogen and oxygen atoms in total. The molecule has 0 spiro atoms. The van der Waals surface area contributed by atoms with Gasteiger partial charge < -0.3 is 14.6 Å². The third-order valence-corrected chi connectivity index (χ3v) is 4.86. The van der Waals surface area contributed by atoms with Crippen LogP contribution in [0.1, 0.15) is 21.5 Å². The zero-order chi connectivity index (χ0) is 20.2. The van der Waals surface area contributed by atoms with E-state index in [-0.39, 0.29) is 5.97 Å². The van der Waals surface area contributed by atoms with E-state index in [0.717, 1.165) is 46.3 Å². The van der Waals surface area contributed by atoms with Crippen LogP contribution in [0.4, 0.5) is 5.69 Å². The standard InChI is InChI=1S/C23H21N3O3/c1-28-23(27)17-10-7-15(8-11-17)6-9-16-12-13-18(14-20(16)26-24)22-25-19-4-2-3-5-21(19)29-22/h2-5,7-8,10-14,26H,6,9,24H2,1H3. The first-order valence-corrected chi connectivity index (χ1v) is 9.30. The molecule has 0 aliphatic heterocycles. The van der Waals surface area contributed by atoms with Crippen molar-refractivity contribution in [2.24, 2.45) is 5.84 Å². The summed E-state index contributed by atoms with van der Waals surface area (Å²) in [5.41, 5.74) is 8.81. The van der Waals surface area contributed by atoms with Crippen molar-refractivity contribution in [3.8, 4) is 11.5 Å². The van der Waals surface area contributed by atoms with Crippen LogP contribution in [-0.2, 0) is 17.6 Å².